The van der Waals surface area contributed by atoms with E-state index in [-0.39, 0.29) is 5.78 Å². The average molecular weight is 170 g/mol. The number of hydrogen-bond donors (Lipinski definition) is 0. The van der Waals surface area contributed by atoms with E-state index in [0.29, 0.717) is 32.0 Å². The SMILES string of the molecule is CCOCCC(=O)C1=CCCO1. The monoisotopic (exact) mass is 170 g/mol. The van der Waals surface area contributed by atoms with Crippen LogP contribution in [-0.2, 0) is 14.3 Å². The lowest BCUT2D eigenvalue weighted by Gasteiger charge is -2.02. The Bertz CT molecular complexity index is 184. The standard InChI is InChI=1S/C9H14O3/c1-2-11-7-5-8(10)9-4-3-6-12-9/h4H,2-3,5-7H2,1H3. The van der Waals surface area contributed by atoms with Gasteiger partial charge < -0.3 is 9.47 Å². The van der Waals surface area contributed by atoms with Gasteiger partial charge in [-0.2, -0.15) is 0 Å². The highest BCUT2D eigenvalue weighted by atomic mass is 16.5. The van der Waals surface area contributed by atoms with Gasteiger partial charge in [-0.15, -0.1) is 0 Å². The fourth-order valence-corrected chi connectivity index (χ4v) is 1.04. The molecule has 0 unspecified atom stereocenters. The minimum absolute atomic E-state index is 0.0564. The predicted molar refractivity (Wildman–Crippen MR) is 44.8 cm³/mol. The normalized spacial score (nSPS) is 15.6. The molecule has 0 aromatic heterocycles. The van der Waals surface area contributed by atoms with Crippen molar-refractivity contribution in [1.29, 1.82) is 0 Å². The predicted octanol–water partition coefficient (Wildman–Crippen LogP) is 1.29. The Morgan fingerprint density at radius 1 is 1.75 bits per heavy atom. The minimum Gasteiger partial charge on any atom is -0.490 e. The van der Waals surface area contributed by atoms with Crippen LogP contribution in [0.1, 0.15) is 19.8 Å². The van der Waals surface area contributed by atoms with Crippen LogP contribution in [0.15, 0.2) is 11.8 Å². The molecule has 0 aliphatic carbocycles. The van der Waals surface area contributed by atoms with Crippen LogP contribution >= 0.6 is 0 Å². The Labute approximate surface area is 72.4 Å². The third-order valence-electron chi connectivity index (χ3n) is 1.66. The Kier molecular flexibility index (Phi) is 3.80. The highest BCUT2D eigenvalue weighted by Crippen LogP contribution is 2.11. The zero-order valence-electron chi connectivity index (χ0n) is 7.34. The van der Waals surface area contributed by atoms with Gasteiger partial charge in [0.15, 0.2) is 11.5 Å². The summed E-state index contributed by atoms with van der Waals surface area (Å²) in [7, 11) is 0. The molecule has 0 aromatic carbocycles. The zero-order valence-corrected chi connectivity index (χ0v) is 7.34. The van der Waals surface area contributed by atoms with Gasteiger partial charge in [0.1, 0.15) is 0 Å². The molecule has 0 saturated carbocycles. The number of ether oxygens (including phenoxy) is 2. The maximum absolute atomic E-state index is 11.2. The summed E-state index contributed by atoms with van der Waals surface area (Å²) in [4.78, 5) is 11.2. The van der Waals surface area contributed by atoms with Crippen LogP contribution in [0.2, 0.25) is 0 Å². The lowest BCUT2D eigenvalue weighted by atomic mass is 10.2. The van der Waals surface area contributed by atoms with Gasteiger partial charge in [-0.1, -0.05) is 0 Å². The minimum atomic E-state index is 0.0564. The number of carbonyl (C=O) groups is 1. The molecule has 0 bridgehead atoms. The van der Waals surface area contributed by atoms with Gasteiger partial charge in [-0.3, -0.25) is 4.79 Å². The van der Waals surface area contributed by atoms with E-state index in [1.165, 1.54) is 0 Å². The average Bonchev–Trinajstić information content (AvgIpc) is 2.56. The fourth-order valence-electron chi connectivity index (χ4n) is 1.04. The zero-order chi connectivity index (χ0) is 8.81. The van der Waals surface area contributed by atoms with E-state index >= 15 is 0 Å². The van der Waals surface area contributed by atoms with E-state index < -0.39 is 0 Å². The second-order valence-electron chi connectivity index (χ2n) is 2.58. The second-order valence-corrected chi connectivity index (χ2v) is 2.58. The van der Waals surface area contributed by atoms with Gasteiger partial charge >= 0.3 is 0 Å². The van der Waals surface area contributed by atoms with Gasteiger partial charge in [0.05, 0.1) is 13.2 Å². The molecule has 0 saturated heterocycles. The van der Waals surface area contributed by atoms with E-state index in [0.717, 1.165) is 6.42 Å². The summed E-state index contributed by atoms with van der Waals surface area (Å²) in [6.45, 7) is 3.72. The fraction of sp³-hybridized carbons (Fsp3) is 0.667. The van der Waals surface area contributed by atoms with Crippen LogP contribution in [-0.4, -0.2) is 25.6 Å². The Hall–Kier alpha value is -0.830. The van der Waals surface area contributed by atoms with Crippen molar-refractivity contribution in [3.63, 3.8) is 0 Å². The maximum atomic E-state index is 11.2. The van der Waals surface area contributed by atoms with Crippen molar-refractivity contribution in [3.8, 4) is 0 Å². The molecule has 0 N–H and O–H groups in total. The van der Waals surface area contributed by atoms with Crippen molar-refractivity contribution in [3.05, 3.63) is 11.8 Å². The van der Waals surface area contributed by atoms with Gasteiger partial charge in [-0.05, 0) is 13.0 Å². The van der Waals surface area contributed by atoms with E-state index in [4.69, 9.17) is 9.47 Å². The van der Waals surface area contributed by atoms with Crippen LogP contribution in [0.4, 0.5) is 0 Å². The van der Waals surface area contributed by atoms with Crippen LogP contribution < -0.4 is 0 Å². The molecule has 68 valence electrons. The first-order valence-electron chi connectivity index (χ1n) is 4.28. The Balaban J connectivity index is 2.19. The maximum Gasteiger partial charge on any atom is 0.199 e. The molecule has 1 heterocycles. The molecule has 3 nitrogen and oxygen atoms in total. The molecule has 0 aromatic rings. The molecular formula is C9H14O3. The van der Waals surface area contributed by atoms with Gasteiger partial charge in [-0.25, -0.2) is 0 Å². The number of rotatable bonds is 5. The number of Topliss-reactive ketones (excluding diaryl/α,β-unsaturated/α-hetero) is 1. The quantitative estimate of drug-likeness (QED) is 0.583. The summed E-state index contributed by atoms with van der Waals surface area (Å²) in [6, 6.07) is 0. The summed E-state index contributed by atoms with van der Waals surface area (Å²) in [5.41, 5.74) is 0. The lowest BCUT2D eigenvalue weighted by Crippen LogP contribution is -2.07. The third kappa shape index (κ3) is 2.66. The molecule has 0 amide bonds. The summed E-state index contributed by atoms with van der Waals surface area (Å²) in [5.74, 6) is 0.579. The first-order valence-corrected chi connectivity index (χ1v) is 4.28. The molecule has 1 aliphatic heterocycles. The smallest absolute Gasteiger partial charge is 0.199 e. The van der Waals surface area contributed by atoms with Crippen molar-refractivity contribution in [1.82, 2.24) is 0 Å². The number of carbonyl (C=O) groups excluding carboxylic acids is 1. The number of allylic oxidation sites excluding steroid dienone is 1. The Morgan fingerprint density at radius 3 is 3.17 bits per heavy atom. The van der Waals surface area contributed by atoms with Gasteiger partial charge in [0.25, 0.3) is 0 Å². The van der Waals surface area contributed by atoms with Crippen molar-refractivity contribution < 1.29 is 14.3 Å². The van der Waals surface area contributed by atoms with Crippen molar-refractivity contribution in [2.45, 2.75) is 19.8 Å². The Morgan fingerprint density at radius 2 is 2.58 bits per heavy atom. The van der Waals surface area contributed by atoms with Crippen molar-refractivity contribution in [2.75, 3.05) is 19.8 Å². The molecule has 0 radical (unpaired) electrons. The first kappa shape index (κ1) is 9.26. The molecular weight excluding hydrogens is 156 g/mol. The summed E-state index contributed by atoms with van der Waals surface area (Å²) < 4.78 is 10.2. The van der Waals surface area contributed by atoms with E-state index in [1.54, 1.807) is 0 Å². The van der Waals surface area contributed by atoms with E-state index in [1.807, 2.05) is 13.0 Å². The van der Waals surface area contributed by atoms with Crippen LogP contribution in [0, 0.1) is 0 Å². The van der Waals surface area contributed by atoms with Crippen molar-refractivity contribution in [2.24, 2.45) is 0 Å². The van der Waals surface area contributed by atoms with Gasteiger partial charge in [0, 0.05) is 19.4 Å². The molecule has 1 aliphatic rings. The highest BCUT2D eigenvalue weighted by Gasteiger charge is 2.13. The summed E-state index contributed by atoms with van der Waals surface area (Å²) in [5, 5.41) is 0. The third-order valence-corrected chi connectivity index (χ3v) is 1.66. The molecule has 0 spiro atoms. The largest absolute Gasteiger partial charge is 0.490 e. The van der Waals surface area contributed by atoms with E-state index in [2.05, 4.69) is 0 Å². The molecule has 0 fully saturated rings. The van der Waals surface area contributed by atoms with Crippen LogP contribution in [0.3, 0.4) is 0 Å². The van der Waals surface area contributed by atoms with Gasteiger partial charge in [0.2, 0.25) is 0 Å². The molecule has 0 atom stereocenters. The number of hydrogen-bond acceptors (Lipinski definition) is 3. The topological polar surface area (TPSA) is 35.5 Å². The first-order chi connectivity index (χ1) is 5.84. The van der Waals surface area contributed by atoms with E-state index in [9.17, 15) is 4.79 Å². The van der Waals surface area contributed by atoms with Crippen LogP contribution in [0.5, 0.6) is 0 Å². The summed E-state index contributed by atoms with van der Waals surface area (Å²) in [6.07, 6.45) is 3.13. The molecule has 1 rings (SSSR count). The number of ketones is 1. The van der Waals surface area contributed by atoms with Crippen LogP contribution in [0.25, 0.3) is 0 Å². The summed E-state index contributed by atoms with van der Waals surface area (Å²) >= 11 is 0. The lowest BCUT2D eigenvalue weighted by molar-refractivity contribution is -0.119. The molecule has 3 heteroatoms. The highest BCUT2D eigenvalue weighted by molar-refractivity contribution is 5.93. The second kappa shape index (κ2) is 4.93. The molecule has 12 heavy (non-hydrogen) atoms. The van der Waals surface area contributed by atoms with Crippen molar-refractivity contribution >= 4 is 5.78 Å².